The van der Waals surface area contributed by atoms with Gasteiger partial charge in [-0.1, -0.05) is 25.2 Å². The van der Waals surface area contributed by atoms with Crippen LogP contribution in [0.4, 0.5) is 5.13 Å². The van der Waals surface area contributed by atoms with Crippen molar-refractivity contribution in [2.24, 2.45) is 0 Å². The van der Waals surface area contributed by atoms with Crippen LogP contribution in [-0.2, 0) is 11.3 Å². The highest BCUT2D eigenvalue weighted by Crippen LogP contribution is 2.31. The molecular weight excluding hydrogens is 260 g/mol. The lowest BCUT2D eigenvalue weighted by molar-refractivity contribution is 0.0846. The summed E-state index contributed by atoms with van der Waals surface area (Å²) in [6.45, 7) is 9.96. The zero-order chi connectivity index (χ0) is 14.4. The summed E-state index contributed by atoms with van der Waals surface area (Å²) in [6.07, 6.45) is 1.30. The van der Waals surface area contributed by atoms with Crippen molar-refractivity contribution in [3.63, 3.8) is 0 Å². The molecule has 1 aromatic rings. The van der Waals surface area contributed by atoms with E-state index in [-0.39, 0.29) is 12.7 Å². The number of nitrogens with zero attached hydrogens (tertiary/aromatic N) is 2. The molecule has 0 amide bonds. The van der Waals surface area contributed by atoms with Crippen LogP contribution in [0.1, 0.15) is 50.6 Å². The number of aromatic nitrogens is 1. The van der Waals surface area contributed by atoms with Gasteiger partial charge in [0.2, 0.25) is 0 Å². The van der Waals surface area contributed by atoms with E-state index >= 15 is 0 Å². The predicted octanol–water partition coefficient (Wildman–Crippen LogP) is 3.01. The minimum absolute atomic E-state index is 0.0771. The van der Waals surface area contributed by atoms with Crippen LogP contribution in [0.25, 0.3) is 0 Å². The van der Waals surface area contributed by atoms with Gasteiger partial charge in [0.05, 0.1) is 29.9 Å². The fourth-order valence-electron chi connectivity index (χ4n) is 1.73. The molecule has 110 valence electrons. The summed E-state index contributed by atoms with van der Waals surface area (Å²) in [5, 5.41) is 10.4. The lowest BCUT2D eigenvalue weighted by atomic mass is 10.0. The number of likely N-dealkylation sites (N-methyl/N-ethyl adjacent to an activating group) is 1. The maximum Gasteiger partial charge on any atom is 0.185 e. The number of thiazole rings is 1. The Morgan fingerprint density at radius 1 is 1.37 bits per heavy atom. The van der Waals surface area contributed by atoms with Crippen molar-refractivity contribution in [3.05, 3.63) is 10.6 Å². The van der Waals surface area contributed by atoms with Gasteiger partial charge in [0, 0.05) is 13.6 Å². The molecule has 4 nitrogen and oxygen atoms in total. The Labute approximate surface area is 120 Å². The smallest absolute Gasteiger partial charge is 0.185 e. The SMILES string of the molecule is CCC(C)c1nc(N(C)CCOC(C)C)sc1CO. The van der Waals surface area contributed by atoms with Crippen molar-refractivity contribution in [1.29, 1.82) is 0 Å². The van der Waals surface area contributed by atoms with Gasteiger partial charge in [-0.25, -0.2) is 4.98 Å². The zero-order valence-corrected chi connectivity index (χ0v) is 13.5. The Balaban J connectivity index is 2.69. The van der Waals surface area contributed by atoms with E-state index in [1.165, 1.54) is 0 Å². The van der Waals surface area contributed by atoms with Gasteiger partial charge in [-0.15, -0.1) is 0 Å². The molecular formula is C14H26N2O2S. The molecule has 1 N–H and O–H groups in total. The minimum atomic E-state index is 0.0771. The molecule has 1 unspecified atom stereocenters. The molecule has 0 aliphatic rings. The second-order valence-corrected chi connectivity index (χ2v) is 6.18. The van der Waals surface area contributed by atoms with Gasteiger partial charge in [-0.2, -0.15) is 0 Å². The monoisotopic (exact) mass is 286 g/mol. The highest BCUT2D eigenvalue weighted by Gasteiger charge is 2.17. The normalized spacial score (nSPS) is 13.0. The largest absolute Gasteiger partial charge is 0.391 e. The van der Waals surface area contributed by atoms with E-state index in [0.29, 0.717) is 12.5 Å². The summed E-state index contributed by atoms with van der Waals surface area (Å²) in [5.74, 6) is 0.396. The molecule has 0 radical (unpaired) electrons. The van der Waals surface area contributed by atoms with Gasteiger partial charge < -0.3 is 14.7 Å². The second-order valence-electron chi connectivity index (χ2n) is 5.11. The van der Waals surface area contributed by atoms with Crippen LogP contribution >= 0.6 is 11.3 Å². The van der Waals surface area contributed by atoms with Crippen molar-refractivity contribution in [2.75, 3.05) is 25.1 Å². The molecule has 1 aromatic heterocycles. The van der Waals surface area contributed by atoms with Crippen molar-refractivity contribution in [2.45, 2.75) is 52.7 Å². The van der Waals surface area contributed by atoms with Crippen LogP contribution in [0.2, 0.25) is 0 Å². The third kappa shape index (κ3) is 4.75. The van der Waals surface area contributed by atoms with E-state index in [4.69, 9.17) is 4.74 Å². The summed E-state index contributed by atoms with van der Waals surface area (Å²) >= 11 is 1.58. The molecule has 0 saturated heterocycles. The Morgan fingerprint density at radius 3 is 2.58 bits per heavy atom. The van der Waals surface area contributed by atoms with Crippen molar-refractivity contribution < 1.29 is 9.84 Å². The van der Waals surface area contributed by atoms with Crippen molar-refractivity contribution >= 4 is 16.5 Å². The molecule has 0 fully saturated rings. The van der Waals surface area contributed by atoms with Crippen LogP contribution in [0, 0.1) is 0 Å². The second kappa shape index (κ2) is 7.82. The van der Waals surface area contributed by atoms with Crippen LogP contribution < -0.4 is 4.90 Å². The maximum absolute atomic E-state index is 9.43. The van der Waals surface area contributed by atoms with E-state index in [1.54, 1.807) is 11.3 Å². The topological polar surface area (TPSA) is 45.6 Å². The first-order chi connectivity index (χ1) is 8.99. The first-order valence-electron chi connectivity index (χ1n) is 6.92. The van der Waals surface area contributed by atoms with Crippen LogP contribution in [0.15, 0.2) is 0 Å². The molecule has 0 bridgehead atoms. The molecule has 0 saturated carbocycles. The molecule has 0 spiro atoms. The van der Waals surface area contributed by atoms with Crippen LogP contribution in [-0.4, -0.2) is 36.4 Å². The highest BCUT2D eigenvalue weighted by atomic mass is 32.1. The van der Waals surface area contributed by atoms with E-state index < -0.39 is 0 Å². The summed E-state index contributed by atoms with van der Waals surface area (Å²) in [6, 6.07) is 0. The molecule has 1 heterocycles. The van der Waals surface area contributed by atoms with Crippen molar-refractivity contribution in [1.82, 2.24) is 4.98 Å². The fraction of sp³-hybridized carbons (Fsp3) is 0.786. The number of hydrogen-bond acceptors (Lipinski definition) is 5. The zero-order valence-electron chi connectivity index (χ0n) is 12.6. The number of ether oxygens (including phenoxy) is 1. The molecule has 5 heteroatoms. The average Bonchev–Trinajstić information content (AvgIpc) is 2.81. The molecule has 19 heavy (non-hydrogen) atoms. The lowest BCUT2D eigenvalue weighted by Crippen LogP contribution is -2.23. The van der Waals surface area contributed by atoms with Gasteiger partial charge >= 0.3 is 0 Å². The quantitative estimate of drug-likeness (QED) is 0.798. The Hall–Kier alpha value is -0.650. The number of aliphatic hydroxyl groups excluding tert-OH is 1. The number of hydrogen-bond donors (Lipinski definition) is 1. The van der Waals surface area contributed by atoms with Crippen LogP contribution in [0.3, 0.4) is 0 Å². The highest BCUT2D eigenvalue weighted by molar-refractivity contribution is 7.15. The Morgan fingerprint density at radius 2 is 2.05 bits per heavy atom. The third-order valence-electron chi connectivity index (χ3n) is 3.14. The lowest BCUT2D eigenvalue weighted by Gasteiger charge is -2.16. The molecule has 0 aliphatic heterocycles. The van der Waals surface area contributed by atoms with Crippen molar-refractivity contribution in [3.8, 4) is 0 Å². The predicted molar refractivity (Wildman–Crippen MR) is 81.1 cm³/mol. The standard InChI is InChI=1S/C14H26N2O2S/c1-6-11(4)13-12(9-17)19-14(15-13)16(5)7-8-18-10(2)3/h10-11,17H,6-9H2,1-5H3. The molecule has 0 aliphatic carbocycles. The van der Waals surface area contributed by atoms with Crippen LogP contribution in [0.5, 0.6) is 0 Å². The summed E-state index contributed by atoms with van der Waals surface area (Å²) in [7, 11) is 2.02. The van der Waals surface area contributed by atoms with Gasteiger partial charge in [-0.05, 0) is 26.2 Å². The van der Waals surface area contributed by atoms with E-state index in [0.717, 1.165) is 28.7 Å². The first-order valence-corrected chi connectivity index (χ1v) is 7.74. The van der Waals surface area contributed by atoms with E-state index in [9.17, 15) is 5.11 Å². The number of anilines is 1. The maximum atomic E-state index is 9.43. The average molecular weight is 286 g/mol. The van der Waals surface area contributed by atoms with E-state index in [1.807, 2.05) is 20.9 Å². The summed E-state index contributed by atoms with van der Waals surface area (Å²) in [5.41, 5.74) is 1.04. The van der Waals surface area contributed by atoms with Gasteiger partial charge in [0.15, 0.2) is 5.13 Å². The number of aliphatic hydroxyl groups is 1. The molecule has 0 aromatic carbocycles. The van der Waals surface area contributed by atoms with Gasteiger partial charge in [0.25, 0.3) is 0 Å². The third-order valence-corrected chi connectivity index (χ3v) is 4.31. The van der Waals surface area contributed by atoms with E-state index in [2.05, 4.69) is 23.7 Å². The summed E-state index contributed by atoms with van der Waals surface area (Å²) < 4.78 is 5.55. The fourth-order valence-corrected chi connectivity index (χ4v) is 2.75. The summed E-state index contributed by atoms with van der Waals surface area (Å²) in [4.78, 5) is 7.76. The van der Waals surface area contributed by atoms with Gasteiger partial charge in [-0.3, -0.25) is 0 Å². The number of rotatable bonds is 8. The molecule has 1 rings (SSSR count). The van der Waals surface area contributed by atoms with Gasteiger partial charge in [0.1, 0.15) is 0 Å². The minimum Gasteiger partial charge on any atom is -0.391 e. The first kappa shape index (κ1) is 16.4. The Kier molecular flexibility index (Phi) is 6.75. The molecule has 1 atom stereocenters. The Bertz CT molecular complexity index is 380.